The van der Waals surface area contributed by atoms with Crippen molar-refractivity contribution in [3.8, 4) is 0 Å². The molecule has 0 radical (unpaired) electrons. The molecule has 110 valence electrons. The lowest BCUT2D eigenvalue weighted by molar-refractivity contribution is 0.328. The average Bonchev–Trinajstić information content (AvgIpc) is 2.90. The summed E-state index contributed by atoms with van der Waals surface area (Å²) in [6, 6.07) is 7.85. The molecule has 0 amide bonds. The number of benzene rings is 1. The molecule has 3 nitrogen and oxygen atoms in total. The molecule has 1 aromatic carbocycles. The van der Waals surface area contributed by atoms with Crippen molar-refractivity contribution in [3.05, 3.63) is 29.8 Å². The maximum absolute atomic E-state index is 12.2. The van der Waals surface area contributed by atoms with Crippen LogP contribution in [-0.4, -0.2) is 20.2 Å². The smallest absolute Gasteiger partial charge is 0.180 e. The predicted molar refractivity (Wildman–Crippen MR) is 80.3 cm³/mol. The highest BCUT2D eigenvalue weighted by Gasteiger charge is 2.38. The van der Waals surface area contributed by atoms with Gasteiger partial charge in [-0.15, -0.1) is 0 Å². The molecule has 1 aliphatic carbocycles. The normalized spacial score (nSPS) is 35.1. The lowest BCUT2D eigenvalue weighted by Gasteiger charge is -2.24. The van der Waals surface area contributed by atoms with Crippen molar-refractivity contribution in [1.29, 1.82) is 0 Å². The molecule has 0 bridgehead atoms. The van der Waals surface area contributed by atoms with Crippen LogP contribution >= 0.6 is 0 Å². The average molecular weight is 293 g/mol. The van der Waals surface area contributed by atoms with Crippen molar-refractivity contribution in [2.24, 2.45) is 11.8 Å². The first kappa shape index (κ1) is 14.1. The van der Waals surface area contributed by atoms with Gasteiger partial charge in [0.05, 0.1) is 10.6 Å². The van der Waals surface area contributed by atoms with Crippen molar-refractivity contribution < 1.29 is 8.42 Å². The molecular weight excluding hydrogens is 270 g/mol. The van der Waals surface area contributed by atoms with Gasteiger partial charge in [-0.2, -0.15) is 0 Å². The Hall–Kier alpha value is -0.870. The zero-order valence-electron chi connectivity index (χ0n) is 12.2. The van der Waals surface area contributed by atoms with E-state index in [1.165, 1.54) is 19.3 Å². The van der Waals surface area contributed by atoms with E-state index in [2.05, 4.69) is 19.2 Å². The van der Waals surface area contributed by atoms with Crippen molar-refractivity contribution in [2.45, 2.75) is 50.1 Å². The first-order valence-electron chi connectivity index (χ1n) is 7.60. The van der Waals surface area contributed by atoms with Crippen LogP contribution in [0.15, 0.2) is 29.2 Å². The first-order valence-corrected chi connectivity index (χ1v) is 9.26. The largest absolute Gasteiger partial charge is 0.306 e. The Balaban J connectivity index is 1.81. The van der Waals surface area contributed by atoms with E-state index in [0.717, 1.165) is 11.5 Å². The number of sulfone groups is 1. The highest BCUT2D eigenvalue weighted by molar-refractivity contribution is 7.91. The molecule has 1 aliphatic heterocycles. The van der Waals surface area contributed by atoms with E-state index in [9.17, 15) is 8.42 Å². The summed E-state index contributed by atoms with van der Waals surface area (Å²) < 4.78 is 24.4. The van der Waals surface area contributed by atoms with Gasteiger partial charge in [-0.05, 0) is 36.3 Å². The van der Waals surface area contributed by atoms with Crippen molar-refractivity contribution in [1.82, 2.24) is 5.32 Å². The summed E-state index contributed by atoms with van der Waals surface area (Å²) in [6.07, 6.45) is 3.65. The number of hydrogen-bond acceptors (Lipinski definition) is 3. The van der Waals surface area contributed by atoms with E-state index in [1.54, 1.807) is 6.07 Å². The molecule has 0 aromatic heterocycles. The predicted octanol–water partition coefficient (Wildman–Crippen LogP) is 2.93. The fraction of sp³-hybridized carbons (Fsp3) is 0.625. The Morgan fingerprint density at radius 3 is 2.70 bits per heavy atom. The number of fused-ring (bicyclic) bond motifs is 1. The Kier molecular flexibility index (Phi) is 3.63. The zero-order valence-corrected chi connectivity index (χ0v) is 13.0. The summed E-state index contributed by atoms with van der Waals surface area (Å²) in [5.74, 6) is 1.63. The maximum Gasteiger partial charge on any atom is 0.180 e. The second-order valence-corrected chi connectivity index (χ2v) is 8.25. The third kappa shape index (κ3) is 2.29. The van der Waals surface area contributed by atoms with Crippen LogP contribution in [0, 0.1) is 11.8 Å². The SMILES string of the molecule is CCC1CCC(NC2CS(=O)(=O)c3ccccc32)C1C. The van der Waals surface area contributed by atoms with E-state index >= 15 is 0 Å². The van der Waals surface area contributed by atoms with E-state index in [0.29, 0.717) is 16.9 Å². The van der Waals surface area contributed by atoms with Gasteiger partial charge < -0.3 is 5.32 Å². The van der Waals surface area contributed by atoms with Gasteiger partial charge in [0.15, 0.2) is 9.84 Å². The van der Waals surface area contributed by atoms with Gasteiger partial charge >= 0.3 is 0 Å². The quantitative estimate of drug-likeness (QED) is 0.932. The minimum absolute atomic E-state index is 0.0285. The van der Waals surface area contributed by atoms with Crippen LogP contribution < -0.4 is 5.32 Å². The van der Waals surface area contributed by atoms with Crippen LogP contribution in [0.5, 0.6) is 0 Å². The highest BCUT2D eigenvalue weighted by Crippen LogP contribution is 2.38. The summed E-state index contributed by atoms with van der Waals surface area (Å²) >= 11 is 0. The van der Waals surface area contributed by atoms with Gasteiger partial charge in [0.2, 0.25) is 0 Å². The van der Waals surface area contributed by atoms with Gasteiger partial charge in [0.1, 0.15) is 0 Å². The van der Waals surface area contributed by atoms with Crippen LogP contribution in [0.25, 0.3) is 0 Å². The summed E-state index contributed by atoms with van der Waals surface area (Å²) in [6.45, 7) is 4.55. The zero-order chi connectivity index (χ0) is 14.3. The van der Waals surface area contributed by atoms with Gasteiger partial charge in [-0.25, -0.2) is 8.42 Å². The molecule has 0 saturated heterocycles. The Labute approximate surface area is 121 Å². The molecule has 3 rings (SSSR count). The van der Waals surface area contributed by atoms with E-state index < -0.39 is 9.84 Å². The van der Waals surface area contributed by atoms with Gasteiger partial charge in [-0.1, -0.05) is 38.5 Å². The van der Waals surface area contributed by atoms with Crippen LogP contribution in [-0.2, 0) is 9.84 Å². The van der Waals surface area contributed by atoms with Crippen LogP contribution in [0.4, 0.5) is 0 Å². The first-order chi connectivity index (χ1) is 9.53. The minimum Gasteiger partial charge on any atom is -0.306 e. The molecule has 1 saturated carbocycles. The molecule has 4 unspecified atom stereocenters. The van der Waals surface area contributed by atoms with Gasteiger partial charge in [0.25, 0.3) is 0 Å². The fourth-order valence-electron chi connectivity index (χ4n) is 3.91. The Morgan fingerprint density at radius 2 is 2.00 bits per heavy atom. The molecule has 4 atom stereocenters. The summed E-state index contributed by atoms with van der Waals surface area (Å²) in [5.41, 5.74) is 0.958. The fourth-order valence-corrected chi connectivity index (χ4v) is 5.66. The Bertz CT molecular complexity index is 596. The van der Waals surface area contributed by atoms with Gasteiger partial charge in [0, 0.05) is 12.1 Å². The van der Waals surface area contributed by atoms with Crippen LogP contribution in [0.3, 0.4) is 0 Å². The third-order valence-electron chi connectivity index (χ3n) is 5.18. The van der Waals surface area contributed by atoms with E-state index in [-0.39, 0.29) is 11.8 Å². The molecular formula is C16H23NO2S. The van der Waals surface area contributed by atoms with E-state index in [1.807, 2.05) is 18.2 Å². The molecule has 1 fully saturated rings. The molecule has 1 heterocycles. The molecule has 4 heteroatoms. The summed E-state index contributed by atoms with van der Waals surface area (Å²) in [4.78, 5) is 0.523. The second kappa shape index (κ2) is 5.15. The molecule has 2 aliphatic rings. The second-order valence-electron chi connectivity index (χ2n) is 6.25. The lowest BCUT2D eigenvalue weighted by Crippen LogP contribution is -2.36. The number of hydrogen-bond donors (Lipinski definition) is 1. The minimum atomic E-state index is -3.10. The summed E-state index contributed by atoms with van der Waals surface area (Å²) in [7, 11) is -3.10. The van der Waals surface area contributed by atoms with Crippen LogP contribution in [0.1, 0.15) is 44.7 Å². The van der Waals surface area contributed by atoms with Gasteiger partial charge in [-0.3, -0.25) is 0 Å². The summed E-state index contributed by atoms with van der Waals surface area (Å²) in [5, 5.41) is 3.62. The number of nitrogens with one attached hydrogen (secondary N) is 1. The molecule has 1 aromatic rings. The molecule has 1 N–H and O–H groups in total. The lowest BCUT2D eigenvalue weighted by atomic mass is 9.93. The highest BCUT2D eigenvalue weighted by atomic mass is 32.2. The third-order valence-corrected chi connectivity index (χ3v) is 7.00. The topological polar surface area (TPSA) is 46.2 Å². The van der Waals surface area contributed by atoms with E-state index in [4.69, 9.17) is 0 Å². The van der Waals surface area contributed by atoms with Crippen molar-refractivity contribution in [2.75, 3.05) is 5.75 Å². The number of rotatable bonds is 3. The van der Waals surface area contributed by atoms with Crippen molar-refractivity contribution >= 4 is 9.84 Å². The standard InChI is InChI=1S/C16H23NO2S/c1-3-12-8-9-14(11(12)2)17-15-10-20(18,19)16-7-5-4-6-13(15)16/h4-7,11-12,14-15,17H,3,8-10H2,1-2H3. The van der Waals surface area contributed by atoms with Crippen LogP contribution in [0.2, 0.25) is 0 Å². The van der Waals surface area contributed by atoms with Crippen molar-refractivity contribution in [3.63, 3.8) is 0 Å². The monoisotopic (exact) mass is 293 g/mol. The molecule has 0 spiro atoms. The Morgan fingerprint density at radius 1 is 1.25 bits per heavy atom. The molecule has 20 heavy (non-hydrogen) atoms. The maximum atomic E-state index is 12.2.